The van der Waals surface area contributed by atoms with Crippen LogP contribution in [0, 0.1) is 11.8 Å². The summed E-state index contributed by atoms with van der Waals surface area (Å²) < 4.78 is 1.09. The van der Waals surface area contributed by atoms with Gasteiger partial charge in [0.2, 0.25) is 0 Å². The standard InChI is InChI=1S/2C22H25.C12H9Si.2ClH.Zr/c2*1-5-16-9-7-8-10-20(16)22-17(6-2)11-12-18-13-19(15(3)4)14-21(18)22;1-3-7-11-9(5-1)10-6-2-4-8-12(10)13-11;;;/h2*7-15H,5-6H2,1-4H3;1-7H,13H2;2*1H;/q;;;;;+2/p-2. The van der Waals surface area contributed by atoms with Gasteiger partial charge in [-0.2, -0.15) is 0 Å². The topological polar surface area (TPSA) is 0 Å². The molecule has 6 aromatic carbocycles. The summed E-state index contributed by atoms with van der Waals surface area (Å²) in [4.78, 5) is 0. The van der Waals surface area contributed by atoms with E-state index in [4.69, 9.17) is 0 Å². The zero-order valence-corrected chi connectivity index (χ0v) is 42.1. The van der Waals surface area contributed by atoms with Crippen LogP contribution in [0.5, 0.6) is 0 Å². The first-order valence-electron chi connectivity index (χ1n) is 22.6. The van der Waals surface area contributed by atoms with Crippen molar-refractivity contribution in [1.29, 1.82) is 0 Å². The predicted octanol–water partition coefficient (Wildman–Crippen LogP) is 13.6. The summed E-state index contributed by atoms with van der Waals surface area (Å²) in [5, 5.41) is 2.98. The molecule has 0 spiro atoms. The summed E-state index contributed by atoms with van der Waals surface area (Å²) in [6, 6.07) is 44.0. The van der Waals surface area contributed by atoms with E-state index in [1.165, 1.54) is 103 Å². The van der Waals surface area contributed by atoms with Crippen molar-refractivity contribution in [2.75, 3.05) is 0 Å². The number of aryl methyl sites for hydroxylation is 4. The fourth-order valence-electron chi connectivity index (χ4n) is 11.7. The molecule has 0 amide bonds. The van der Waals surface area contributed by atoms with E-state index in [0.29, 0.717) is 0 Å². The molecule has 0 N–H and O–H groups in total. The third kappa shape index (κ3) is 6.28. The van der Waals surface area contributed by atoms with Gasteiger partial charge >= 0.3 is 373 Å². The van der Waals surface area contributed by atoms with Gasteiger partial charge in [-0.1, -0.05) is 0 Å². The molecule has 6 aromatic rings. The van der Waals surface area contributed by atoms with Crippen molar-refractivity contribution in [2.24, 2.45) is 11.8 Å². The van der Waals surface area contributed by atoms with Gasteiger partial charge in [0, 0.05) is 0 Å². The Morgan fingerprint density at radius 2 is 0.917 bits per heavy atom. The van der Waals surface area contributed by atoms with Crippen LogP contribution >= 0.6 is 17.0 Å². The van der Waals surface area contributed by atoms with Gasteiger partial charge in [0.25, 0.3) is 0 Å². The number of hydrogen-bond donors (Lipinski definition) is 0. The second-order valence-corrected chi connectivity index (χ2v) is 40.6. The molecule has 0 bridgehead atoms. The summed E-state index contributed by atoms with van der Waals surface area (Å²) in [6.45, 7) is 18.7. The SMILES string of the molecule is CCc1ccccc1-c1c(CC)ccc2c1C=C(C(C)C)[CH]2[Zr]([Cl])([Cl])([c]1cccc2c1[SiH2]c1ccccc1-2)[CH]1C(C(C)C)=Cc2c1ccc(CC)c2-c1ccccc1CC. The molecule has 2 atom stereocenters. The number of halogens is 2. The number of fused-ring (bicyclic) bond motifs is 5. The Kier molecular flexibility index (Phi) is 11.1. The third-order valence-corrected chi connectivity index (χ3v) is 37.1. The summed E-state index contributed by atoms with van der Waals surface area (Å²) in [5.74, 6) is 0.500. The van der Waals surface area contributed by atoms with Crippen molar-refractivity contribution in [3.8, 4) is 33.4 Å². The molecular formula is C56H59Cl2SiZr. The average molecular weight is 922 g/mol. The Labute approximate surface area is 370 Å². The number of rotatable bonds is 11. The molecule has 4 heteroatoms. The zero-order valence-electron chi connectivity index (χ0n) is 36.7. The van der Waals surface area contributed by atoms with Crippen molar-refractivity contribution in [3.63, 3.8) is 0 Å². The van der Waals surface area contributed by atoms with Crippen molar-refractivity contribution in [3.05, 3.63) is 171 Å². The van der Waals surface area contributed by atoms with Crippen LogP contribution in [0.4, 0.5) is 0 Å². The number of benzene rings is 6. The molecule has 2 aliphatic carbocycles. The first kappa shape index (κ1) is 41.8. The normalized spacial score (nSPS) is 17.6. The summed E-state index contributed by atoms with van der Waals surface area (Å²) in [5.41, 5.74) is 21.9. The molecule has 1 aliphatic heterocycles. The molecule has 60 heavy (non-hydrogen) atoms. The Bertz CT molecular complexity index is 2610. The molecule has 1 heterocycles. The minimum absolute atomic E-state index is 0.109. The molecular weight excluding hydrogens is 863 g/mol. The predicted molar refractivity (Wildman–Crippen MR) is 263 cm³/mol. The van der Waals surface area contributed by atoms with E-state index in [1.54, 1.807) is 0 Å². The van der Waals surface area contributed by atoms with Gasteiger partial charge < -0.3 is 0 Å². The Balaban J connectivity index is 1.42. The average Bonchev–Trinajstić information content (AvgIpc) is 3.99. The van der Waals surface area contributed by atoms with Gasteiger partial charge in [-0.15, -0.1) is 0 Å². The summed E-state index contributed by atoms with van der Waals surface area (Å²) >= 11 is -5.71. The molecule has 0 radical (unpaired) electrons. The molecule has 3 aliphatic rings. The van der Waals surface area contributed by atoms with Gasteiger partial charge in [-0.3, -0.25) is 0 Å². The van der Waals surface area contributed by atoms with Crippen molar-refractivity contribution in [1.82, 2.24) is 0 Å². The minimum atomic E-state index is -5.71. The second kappa shape index (κ2) is 16.0. The van der Waals surface area contributed by atoms with Gasteiger partial charge in [-0.25, -0.2) is 0 Å². The van der Waals surface area contributed by atoms with Crippen molar-refractivity contribution in [2.45, 2.75) is 88.3 Å². The fourth-order valence-corrected chi connectivity index (χ4v) is 39.9. The van der Waals surface area contributed by atoms with E-state index in [2.05, 4.69) is 183 Å². The van der Waals surface area contributed by atoms with Gasteiger partial charge in [0.1, 0.15) is 0 Å². The molecule has 0 fully saturated rings. The number of allylic oxidation sites excluding steroid dienone is 2. The van der Waals surface area contributed by atoms with Crippen LogP contribution in [-0.2, 0) is 42.1 Å². The summed E-state index contributed by atoms with van der Waals surface area (Å²) in [6.07, 6.45) is 9.01. The molecule has 9 rings (SSSR count). The van der Waals surface area contributed by atoms with E-state index in [0.717, 1.165) is 25.7 Å². The van der Waals surface area contributed by atoms with Crippen LogP contribution in [0.2, 0.25) is 0 Å². The molecule has 0 nitrogen and oxygen atoms in total. The van der Waals surface area contributed by atoms with Gasteiger partial charge in [-0.05, 0) is 0 Å². The maximum absolute atomic E-state index is 9.47. The summed E-state index contributed by atoms with van der Waals surface area (Å²) in [7, 11) is 18.1. The maximum atomic E-state index is 9.47. The molecule has 0 saturated heterocycles. The van der Waals surface area contributed by atoms with E-state index >= 15 is 0 Å². The Hall–Kier alpha value is -3.52. The van der Waals surface area contributed by atoms with Gasteiger partial charge in [0.15, 0.2) is 0 Å². The molecule has 0 aromatic heterocycles. The Morgan fingerprint density at radius 3 is 1.38 bits per heavy atom. The molecule has 0 saturated carbocycles. The van der Waals surface area contributed by atoms with Crippen LogP contribution < -0.4 is 13.6 Å². The second-order valence-electron chi connectivity index (χ2n) is 18.2. The molecule has 2 unspecified atom stereocenters. The van der Waals surface area contributed by atoms with Crippen LogP contribution in [-0.4, -0.2) is 9.52 Å². The van der Waals surface area contributed by atoms with E-state index in [1.807, 2.05) is 0 Å². The fraction of sp³-hybridized carbons (Fsp3) is 0.286. The third-order valence-electron chi connectivity index (χ3n) is 14.5. The quantitative estimate of drug-likeness (QED) is 0.113. The van der Waals surface area contributed by atoms with Crippen molar-refractivity contribution >= 4 is 52.3 Å². The van der Waals surface area contributed by atoms with E-state index < -0.39 is 25.9 Å². The molecule has 305 valence electrons. The zero-order chi connectivity index (χ0) is 42.1. The number of hydrogen-bond acceptors (Lipinski definition) is 0. The van der Waals surface area contributed by atoms with Crippen LogP contribution in [0.25, 0.3) is 45.5 Å². The first-order valence-corrected chi connectivity index (χ1v) is 34.5. The Morgan fingerprint density at radius 1 is 0.483 bits per heavy atom. The van der Waals surface area contributed by atoms with E-state index in [9.17, 15) is 17.0 Å². The van der Waals surface area contributed by atoms with Crippen molar-refractivity contribution < 1.29 is 16.4 Å². The first-order chi connectivity index (χ1) is 29.0. The van der Waals surface area contributed by atoms with Crippen LogP contribution in [0.3, 0.4) is 0 Å². The van der Waals surface area contributed by atoms with E-state index in [-0.39, 0.29) is 19.1 Å². The van der Waals surface area contributed by atoms with Gasteiger partial charge in [0.05, 0.1) is 0 Å². The van der Waals surface area contributed by atoms with Crippen LogP contribution in [0.1, 0.15) is 107 Å². The van der Waals surface area contributed by atoms with Crippen LogP contribution in [0.15, 0.2) is 126 Å². The monoisotopic (exact) mass is 919 g/mol.